The number of likely N-dealkylation sites (tertiary alicyclic amines) is 2. The lowest BCUT2D eigenvalue weighted by atomic mass is 9.98. The third-order valence-electron chi connectivity index (χ3n) is 5.02. The van der Waals surface area contributed by atoms with Gasteiger partial charge in [0.2, 0.25) is 11.8 Å². The Morgan fingerprint density at radius 2 is 1.75 bits per heavy atom. The van der Waals surface area contributed by atoms with Crippen LogP contribution in [-0.4, -0.2) is 59.5 Å². The van der Waals surface area contributed by atoms with Crippen molar-refractivity contribution in [2.75, 3.05) is 25.0 Å². The van der Waals surface area contributed by atoms with Gasteiger partial charge in [-0.25, -0.2) is 8.78 Å². The number of rotatable bonds is 4. The highest BCUT2D eigenvalue weighted by molar-refractivity contribution is 5.95. The predicted octanol–water partition coefficient (Wildman–Crippen LogP) is 2.92. The second-order valence-electron chi connectivity index (χ2n) is 7.08. The molecule has 2 unspecified atom stereocenters. The molecule has 28 heavy (non-hydrogen) atoms. The van der Waals surface area contributed by atoms with E-state index >= 15 is 0 Å². The number of alkyl halides is 3. The summed E-state index contributed by atoms with van der Waals surface area (Å²) in [6.07, 6.45) is -2.45. The van der Waals surface area contributed by atoms with Crippen molar-refractivity contribution in [1.82, 2.24) is 9.80 Å². The molecule has 1 aromatic rings. The molecular weight excluding hydrogens is 385 g/mol. The van der Waals surface area contributed by atoms with Gasteiger partial charge in [-0.1, -0.05) is 6.42 Å². The van der Waals surface area contributed by atoms with E-state index in [-0.39, 0.29) is 18.7 Å². The standard InChI is InChI=1S/C18H20F5N3O2/c19-11-7-12(20)9-13(8-11)24-16(27)14-3-1-2-5-26(14)15-4-6-25(17(15)28)10-18(21,22)23/h7-9,14-15H,1-6,10H2,(H,24,27). The third kappa shape index (κ3) is 4.78. The molecule has 2 heterocycles. The quantitative estimate of drug-likeness (QED) is 0.784. The zero-order valence-corrected chi connectivity index (χ0v) is 14.9. The van der Waals surface area contributed by atoms with Crippen LogP contribution >= 0.6 is 0 Å². The number of carbonyl (C=O) groups is 2. The van der Waals surface area contributed by atoms with Gasteiger partial charge in [-0.3, -0.25) is 14.5 Å². The monoisotopic (exact) mass is 405 g/mol. The zero-order chi connectivity index (χ0) is 20.5. The Morgan fingerprint density at radius 3 is 2.39 bits per heavy atom. The van der Waals surface area contributed by atoms with Gasteiger partial charge in [-0.2, -0.15) is 13.2 Å². The number of nitrogens with zero attached hydrogens (tertiary/aromatic N) is 2. The van der Waals surface area contributed by atoms with E-state index in [1.165, 1.54) is 0 Å². The molecule has 0 aliphatic carbocycles. The summed E-state index contributed by atoms with van der Waals surface area (Å²) in [7, 11) is 0. The summed E-state index contributed by atoms with van der Waals surface area (Å²) in [5.74, 6) is -2.87. The molecule has 0 bridgehead atoms. The van der Waals surface area contributed by atoms with E-state index < -0.39 is 48.3 Å². The van der Waals surface area contributed by atoms with Crippen LogP contribution in [0.25, 0.3) is 0 Å². The first-order valence-corrected chi connectivity index (χ1v) is 9.02. The van der Waals surface area contributed by atoms with Crippen molar-refractivity contribution in [3.05, 3.63) is 29.8 Å². The number of amides is 2. The summed E-state index contributed by atoms with van der Waals surface area (Å²) in [5.41, 5.74) is -0.0514. The Kier molecular flexibility index (Phi) is 5.87. The van der Waals surface area contributed by atoms with Crippen LogP contribution in [-0.2, 0) is 9.59 Å². The summed E-state index contributed by atoms with van der Waals surface area (Å²) in [6.45, 7) is -0.940. The zero-order valence-electron chi connectivity index (χ0n) is 14.9. The van der Waals surface area contributed by atoms with Crippen molar-refractivity contribution in [2.24, 2.45) is 0 Å². The number of halogens is 5. The minimum atomic E-state index is -4.48. The predicted molar refractivity (Wildman–Crippen MR) is 90.4 cm³/mol. The van der Waals surface area contributed by atoms with Gasteiger partial charge in [0.1, 0.15) is 18.2 Å². The van der Waals surface area contributed by atoms with E-state index in [9.17, 15) is 31.5 Å². The van der Waals surface area contributed by atoms with E-state index in [4.69, 9.17) is 0 Å². The maximum absolute atomic E-state index is 13.3. The van der Waals surface area contributed by atoms with Crippen LogP contribution in [0.15, 0.2) is 18.2 Å². The highest BCUT2D eigenvalue weighted by atomic mass is 19.4. The van der Waals surface area contributed by atoms with Gasteiger partial charge in [0, 0.05) is 18.3 Å². The fourth-order valence-corrected chi connectivity index (χ4v) is 3.86. The highest BCUT2D eigenvalue weighted by Gasteiger charge is 2.44. The maximum atomic E-state index is 13.3. The second-order valence-corrected chi connectivity index (χ2v) is 7.08. The van der Waals surface area contributed by atoms with E-state index in [0.29, 0.717) is 31.9 Å². The Balaban J connectivity index is 1.71. The average molecular weight is 405 g/mol. The van der Waals surface area contributed by atoms with Gasteiger partial charge in [-0.05, 0) is 37.9 Å². The minimum absolute atomic E-state index is 0.0248. The number of nitrogens with one attached hydrogen (secondary N) is 1. The van der Waals surface area contributed by atoms with Crippen LogP contribution < -0.4 is 5.32 Å². The van der Waals surface area contributed by atoms with Gasteiger partial charge < -0.3 is 10.2 Å². The summed E-state index contributed by atoms with van der Waals surface area (Å²) in [5, 5.41) is 2.45. The Hall–Kier alpha value is -2.23. The summed E-state index contributed by atoms with van der Waals surface area (Å²) in [4.78, 5) is 27.5. The van der Waals surface area contributed by atoms with Gasteiger partial charge in [0.05, 0.1) is 12.1 Å². The molecule has 0 spiro atoms. The van der Waals surface area contributed by atoms with Crippen LogP contribution in [0.3, 0.4) is 0 Å². The average Bonchev–Trinajstić information content (AvgIpc) is 2.93. The molecule has 2 amide bonds. The molecule has 1 N–H and O–H groups in total. The van der Waals surface area contributed by atoms with Crippen molar-refractivity contribution in [2.45, 2.75) is 43.9 Å². The van der Waals surface area contributed by atoms with Crippen molar-refractivity contribution in [3.63, 3.8) is 0 Å². The normalized spacial score (nSPS) is 23.9. The maximum Gasteiger partial charge on any atom is 0.406 e. The van der Waals surface area contributed by atoms with Crippen molar-refractivity contribution in [3.8, 4) is 0 Å². The molecular formula is C18H20F5N3O2. The summed E-state index contributed by atoms with van der Waals surface area (Å²) in [6, 6.07) is 1.07. The molecule has 3 rings (SSSR count). The molecule has 0 radical (unpaired) electrons. The molecule has 154 valence electrons. The third-order valence-corrected chi connectivity index (χ3v) is 5.02. The number of piperidine rings is 1. The first kappa shape index (κ1) is 20.5. The van der Waals surface area contributed by atoms with Gasteiger partial charge in [0.25, 0.3) is 0 Å². The number of hydrogen-bond acceptors (Lipinski definition) is 3. The van der Waals surface area contributed by atoms with Gasteiger partial charge in [-0.15, -0.1) is 0 Å². The van der Waals surface area contributed by atoms with E-state index in [2.05, 4.69) is 5.32 Å². The van der Waals surface area contributed by atoms with Crippen molar-refractivity contribution >= 4 is 17.5 Å². The molecule has 10 heteroatoms. The lowest BCUT2D eigenvalue weighted by Gasteiger charge is -2.38. The smallest absolute Gasteiger partial charge is 0.332 e. The SMILES string of the molecule is O=C(Nc1cc(F)cc(F)c1)C1CCCCN1C1CCN(CC(F)(F)F)C1=O. The second kappa shape index (κ2) is 8.02. The topological polar surface area (TPSA) is 52.7 Å². The van der Waals surface area contributed by atoms with Crippen molar-refractivity contribution in [1.29, 1.82) is 0 Å². The molecule has 2 aliphatic heterocycles. The number of benzene rings is 1. The van der Waals surface area contributed by atoms with Crippen LogP contribution in [0.2, 0.25) is 0 Å². The van der Waals surface area contributed by atoms with Gasteiger partial charge in [0.15, 0.2) is 0 Å². The van der Waals surface area contributed by atoms with Gasteiger partial charge >= 0.3 is 6.18 Å². The molecule has 2 atom stereocenters. The van der Waals surface area contributed by atoms with Crippen LogP contribution in [0.5, 0.6) is 0 Å². The summed E-state index contributed by atoms with van der Waals surface area (Å²) < 4.78 is 64.5. The lowest BCUT2D eigenvalue weighted by molar-refractivity contribution is -0.159. The number of carbonyl (C=O) groups excluding carboxylic acids is 2. The first-order valence-electron chi connectivity index (χ1n) is 9.02. The fraction of sp³-hybridized carbons (Fsp3) is 0.556. The fourth-order valence-electron chi connectivity index (χ4n) is 3.86. The molecule has 2 fully saturated rings. The van der Waals surface area contributed by atoms with E-state index in [1.807, 2.05) is 0 Å². The number of anilines is 1. The Bertz CT molecular complexity index is 735. The van der Waals surface area contributed by atoms with E-state index in [0.717, 1.165) is 17.0 Å². The molecule has 5 nitrogen and oxygen atoms in total. The number of hydrogen-bond donors (Lipinski definition) is 1. The highest BCUT2D eigenvalue weighted by Crippen LogP contribution is 2.28. The molecule has 1 aromatic carbocycles. The van der Waals surface area contributed by atoms with E-state index in [1.54, 1.807) is 4.90 Å². The minimum Gasteiger partial charge on any atom is -0.332 e. The van der Waals surface area contributed by atoms with Crippen LogP contribution in [0, 0.1) is 11.6 Å². The molecule has 2 saturated heterocycles. The van der Waals surface area contributed by atoms with Crippen LogP contribution in [0.4, 0.5) is 27.6 Å². The Labute approximate surface area is 158 Å². The first-order chi connectivity index (χ1) is 13.1. The molecule has 2 aliphatic rings. The Morgan fingerprint density at radius 1 is 1.07 bits per heavy atom. The van der Waals surface area contributed by atoms with Crippen LogP contribution in [0.1, 0.15) is 25.7 Å². The van der Waals surface area contributed by atoms with Crippen molar-refractivity contribution < 1.29 is 31.5 Å². The molecule has 0 aromatic heterocycles. The lowest BCUT2D eigenvalue weighted by Crippen LogP contribution is -2.54. The molecule has 0 saturated carbocycles. The summed E-state index contributed by atoms with van der Waals surface area (Å²) >= 11 is 0. The largest absolute Gasteiger partial charge is 0.406 e.